The molecule has 0 saturated carbocycles. The number of benzene rings is 2. The summed E-state index contributed by atoms with van der Waals surface area (Å²) in [5.41, 5.74) is 1.82. The van der Waals surface area contributed by atoms with Gasteiger partial charge in [-0.1, -0.05) is 42.5 Å². The molecule has 1 unspecified atom stereocenters. The first-order valence-electron chi connectivity index (χ1n) is 9.21. The van der Waals surface area contributed by atoms with Gasteiger partial charge < -0.3 is 15.0 Å². The minimum Gasteiger partial charge on any atom is -0.493 e. The molecule has 0 aliphatic heterocycles. The maximum absolute atomic E-state index is 13.0. The van der Waals surface area contributed by atoms with Gasteiger partial charge in [-0.3, -0.25) is 9.59 Å². The van der Waals surface area contributed by atoms with Crippen molar-refractivity contribution in [2.24, 2.45) is 0 Å². The van der Waals surface area contributed by atoms with Crippen molar-refractivity contribution in [3.8, 4) is 5.75 Å². The second-order valence-electron chi connectivity index (χ2n) is 6.39. The van der Waals surface area contributed by atoms with Gasteiger partial charge in [0.15, 0.2) is 0 Å². The monoisotopic (exact) mass is 377 g/mol. The lowest BCUT2D eigenvalue weighted by Gasteiger charge is -2.20. The summed E-state index contributed by atoms with van der Waals surface area (Å²) in [5.74, 6) is 0.848. The zero-order valence-corrected chi connectivity index (χ0v) is 15.9. The van der Waals surface area contributed by atoms with Crippen LogP contribution in [0.15, 0.2) is 65.5 Å². The molecule has 0 spiro atoms. The zero-order valence-electron chi connectivity index (χ0n) is 15.9. The molecule has 6 nitrogen and oxygen atoms in total. The Bertz CT molecular complexity index is 999. The van der Waals surface area contributed by atoms with E-state index < -0.39 is 0 Å². The van der Waals surface area contributed by atoms with Crippen LogP contribution in [-0.4, -0.2) is 22.5 Å². The lowest BCUT2D eigenvalue weighted by molar-refractivity contribution is 0.0932. The van der Waals surface area contributed by atoms with E-state index in [1.165, 1.54) is 6.07 Å². The summed E-state index contributed by atoms with van der Waals surface area (Å²) in [5, 5.41) is 3.06. The number of carbonyl (C=O) groups is 1. The first kappa shape index (κ1) is 19.4. The van der Waals surface area contributed by atoms with Crippen molar-refractivity contribution in [1.82, 2.24) is 15.3 Å². The Balaban J connectivity index is 1.90. The molecule has 6 heteroatoms. The number of aromatic amines is 1. The van der Waals surface area contributed by atoms with Gasteiger partial charge in [-0.05, 0) is 31.5 Å². The van der Waals surface area contributed by atoms with Crippen molar-refractivity contribution >= 4 is 5.91 Å². The molecule has 1 atom stereocenters. The molecular weight excluding hydrogens is 354 g/mol. The highest BCUT2D eigenvalue weighted by Gasteiger charge is 2.19. The maximum atomic E-state index is 13.0. The van der Waals surface area contributed by atoms with Gasteiger partial charge in [0.25, 0.3) is 11.5 Å². The average molecular weight is 377 g/mol. The smallest absolute Gasteiger partial charge is 0.255 e. The molecule has 144 valence electrons. The number of ether oxygens (including phenoxy) is 1. The average Bonchev–Trinajstić information content (AvgIpc) is 2.68. The molecule has 0 aliphatic carbocycles. The fraction of sp³-hybridized carbons (Fsp3) is 0.227. The van der Waals surface area contributed by atoms with Crippen molar-refractivity contribution in [1.29, 1.82) is 0 Å². The van der Waals surface area contributed by atoms with E-state index in [9.17, 15) is 9.59 Å². The van der Waals surface area contributed by atoms with Gasteiger partial charge in [-0.25, -0.2) is 4.98 Å². The Kier molecular flexibility index (Phi) is 6.22. The molecule has 28 heavy (non-hydrogen) atoms. The van der Waals surface area contributed by atoms with Gasteiger partial charge in [0.2, 0.25) is 0 Å². The van der Waals surface area contributed by atoms with Crippen LogP contribution >= 0.6 is 0 Å². The normalized spacial score (nSPS) is 11.6. The molecule has 3 aromatic rings. The molecule has 2 aromatic carbocycles. The SMILES string of the molecule is CCOc1ccccc1C(=O)NC(Cc1cc(=O)[nH]c(C)n1)c1ccccc1. The number of hydrogen-bond donors (Lipinski definition) is 2. The first-order valence-corrected chi connectivity index (χ1v) is 9.21. The third-order valence-electron chi connectivity index (χ3n) is 4.27. The predicted molar refractivity (Wildman–Crippen MR) is 108 cm³/mol. The predicted octanol–water partition coefficient (Wildman–Crippen LogP) is 3.19. The standard InChI is InChI=1S/C22H23N3O3/c1-3-28-20-12-8-7-11-18(20)22(27)25-19(16-9-5-4-6-10-16)13-17-14-21(26)24-15(2)23-17/h4-12,14,19H,3,13H2,1-2H3,(H,25,27)(H,23,24,26). The third kappa shape index (κ3) is 4.85. The Labute approximate surface area is 163 Å². The van der Waals surface area contributed by atoms with E-state index in [1.54, 1.807) is 25.1 Å². The van der Waals surface area contributed by atoms with E-state index in [1.807, 2.05) is 43.3 Å². The Morgan fingerprint density at radius 3 is 2.57 bits per heavy atom. The highest BCUT2D eigenvalue weighted by Crippen LogP contribution is 2.22. The molecule has 0 aliphatic rings. The summed E-state index contributed by atoms with van der Waals surface area (Å²) >= 11 is 0. The highest BCUT2D eigenvalue weighted by atomic mass is 16.5. The molecular formula is C22H23N3O3. The molecule has 0 saturated heterocycles. The molecule has 0 radical (unpaired) electrons. The number of nitrogens with zero attached hydrogens (tertiary/aromatic N) is 1. The second kappa shape index (κ2) is 8.99. The van der Waals surface area contributed by atoms with Crippen LogP contribution in [0.3, 0.4) is 0 Å². The van der Waals surface area contributed by atoms with Gasteiger partial charge in [0, 0.05) is 12.5 Å². The summed E-state index contributed by atoms with van der Waals surface area (Å²) in [7, 11) is 0. The highest BCUT2D eigenvalue weighted by molar-refractivity contribution is 5.97. The Morgan fingerprint density at radius 2 is 1.86 bits per heavy atom. The number of H-pyrrole nitrogens is 1. The van der Waals surface area contributed by atoms with Crippen LogP contribution in [-0.2, 0) is 6.42 Å². The topological polar surface area (TPSA) is 84.1 Å². The van der Waals surface area contributed by atoms with Gasteiger partial charge in [-0.15, -0.1) is 0 Å². The number of aryl methyl sites for hydroxylation is 1. The van der Waals surface area contributed by atoms with Gasteiger partial charge >= 0.3 is 0 Å². The first-order chi connectivity index (χ1) is 13.6. The number of para-hydroxylation sites is 1. The molecule has 1 amide bonds. The minimum atomic E-state index is -0.336. The minimum absolute atomic E-state index is 0.206. The van der Waals surface area contributed by atoms with Crippen LogP contribution < -0.4 is 15.6 Å². The van der Waals surface area contributed by atoms with Crippen molar-refractivity contribution in [2.75, 3.05) is 6.61 Å². The third-order valence-corrected chi connectivity index (χ3v) is 4.27. The van der Waals surface area contributed by atoms with Crippen LogP contribution in [0.4, 0.5) is 0 Å². The molecule has 1 heterocycles. The van der Waals surface area contributed by atoms with Gasteiger partial charge in [-0.2, -0.15) is 0 Å². The number of carbonyl (C=O) groups excluding carboxylic acids is 1. The van der Waals surface area contributed by atoms with Crippen LogP contribution in [0.5, 0.6) is 5.75 Å². The largest absolute Gasteiger partial charge is 0.493 e. The van der Waals surface area contributed by atoms with Crippen molar-refractivity contribution in [3.63, 3.8) is 0 Å². The van der Waals surface area contributed by atoms with Gasteiger partial charge in [0.1, 0.15) is 11.6 Å². The zero-order chi connectivity index (χ0) is 19.9. The van der Waals surface area contributed by atoms with Crippen molar-refractivity contribution in [3.05, 3.63) is 93.7 Å². The van der Waals surface area contributed by atoms with E-state index in [4.69, 9.17) is 4.74 Å². The molecule has 3 rings (SSSR count). The quantitative estimate of drug-likeness (QED) is 0.662. The summed E-state index contributed by atoms with van der Waals surface area (Å²) in [4.78, 5) is 31.8. The van der Waals surface area contributed by atoms with E-state index in [-0.39, 0.29) is 17.5 Å². The van der Waals surface area contributed by atoms with Crippen molar-refractivity contribution in [2.45, 2.75) is 26.3 Å². The molecule has 1 aromatic heterocycles. The Hall–Kier alpha value is -3.41. The molecule has 0 fully saturated rings. The number of hydrogen-bond acceptors (Lipinski definition) is 4. The van der Waals surface area contributed by atoms with E-state index in [0.717, 1.165) is 5.56 Å². The summed E-state index contributed by atoms with van der Waals surface area (Å²) in [6.45, 7) is 4.09. The molecule has 0 bridgehead atoms. The number of rotatable bonds is 7. The summed E-state index contributed by atoms with van der Waals surface area (Å²) < 4.78 is 5.58. The van der Waals surface area contributed by atoms with E-state index in [2.05, 4.69) is 15.3 Å². The van der Waals surface area contributed by atoms with Crippen LogP contribution in [0.1, 0.15) is 40.4 Å². The van der Waals surface area contributed by atoms with Crippen LogP contribution in [0, 0.1) is 6.92 Å². The van der Waals surface area contributed by atoms with Crippen LogP contribution in [0.25, 0.3) is 0 Å². The lowest BCUT2D eigenvalue weighted by Crippen LogP contribution is -2.31. The van der Waals surface area contributed by atoms with Crippen LogP contribution in [0.2, 0.25) is 0 Å². The molecule has 2 N–H and O–H groups in total. The fourth-order valence-electron chi connectivity index (χ4n) is 3.06. The van der Waals surface area contributed by atoms with E-state index >= 15 is 0 Å². The Morgan fingerprint density at radius 1 is 1.14 bits per heavy atom. The fourth-order valence-corrected chi connectivity index (χ4v) is 3.06. The second-order valence-corrected chi connectivity index (χ2v) is 6.39. The summed E-state index contributed by atoms with van der Waals surface area (Å²) in [6, 6.07) is 17.9. The van der Waals surface area contributed by atoms with Gasteiger partial charge in [0.05, 0.1) is 23.9 Å². The number of aromatic nitrogens is 2. The van der Waals surface area contributed by atoms with E-state index in [0.29, 0.717) is 35.9 Å². The van der Waals surface area contributed by atoms with Crippen molar-refractivity contribution < 1.29 is 9.53 Å². The number of nitrogens with one attached hydrogen (secondary N) is 2. The number of amides is 1. The maximum Gasteiger partial charge on any atom is 0.255 e. The lowest BCUT2D eigenvalue weighted by atomic mass is 10.0. The summed E-state index contributed by atoms with van der Waals surface area (Å²) in [6.07, 6.45) is 0.400.